The van der Waals surface area contributed by atoms with Gasteiger partial charge in [0.05, 0.1) is 0 Å². The third-order valence-corrected chi connectivity index (χ3v) is 2.43. The highest BCUT2D eigenvalue weighted by Gasteiger charge is 2.09. The van der Waals surface area contributed by atoms with Gasteiger partial charge in [-0.05, 0) is 24.8 Å². The minimum Gasteiger partial charge on any atom is -0.0839 e. The zero-order chi connectivity index (χ0) is 12.2. The zero-order valence-electron chi connectivity index (χ0n) is 11.2. The van der Waals surface area contributed by atoms with Crippen molar-refractivity contribution in [2.24, 2.45) is 5.92 Å². The summed E-state index contributed by atoms with van der Waals surface area (Å²) in [5.41, 5.74) is 1.50. The van der Waals surface area contributed by atoms with E-state index in [2.05, 4.69) is 42.5 Å². The van der Waals surface area contributed by atoms with Crippen LogP contribution in [0.25, 0.3) is 0 Å². The fourth-order valence-electron chi connectivity index (χ4n) is 1.74. The molecule has 0 bridgehead atoms. The van der Waals surface area contributed by atoms with E-state index in [0.717, 1.165) is 0 Å². The Morgan fingerprint density at radius 2 is 1.69 bits per heavy atom. The minimum absolute atomic E-state index is 0.645. The first-order valence-corrected chi connectivity index (χ1v) is 6.67. The monoisotopic (exact) mass is 218 g/mol. The lowest BCUT2D eigenvalue weighted by atomic mass is 9.89. The van der Waals surface area contributed by atoms with Gasteiger partial charge in [0.25, 0.3) is 0 Å². The molecule has 0 heteroatoms. The quantitative estimate of drug-likeness (QED) is 0.549. The Morgan fingerprint density at radius 1 is 0.938 bits per heavy atom. The van der Waals surface area contributed by atoms with Crippen LogP contribution in [0.1, 0.15) is 47.0 Å². The molecule has 0 saturated carbocycles. The van der Waals surface area contributed by atoms with E-state index in [1.165, 1.54) is 24.8 Å². The summed E-state index contributed by atoms with van der Waals surface area (Å²) < 4.78 is 0. The zero-order valence-corrected chi connectivity index (χ0v) is 11.2. The molecule has 0 fully saturated rings. The fourth-order valence-corrected chi connectivity index (χ4v) is 1.74. The van der Waals surface area contributed by atoms with Crippen LogP contribution in [-0.4, -0.2) is 0 Å². The normalized spacial score (nSPS) is 21.2. The molecule has 2 rings (SSSR count). The van der Waals surface area contributed by atoms with Crippen LogP contribution >= 0.6 is 0 Å². The van der Waals surface area contributed by atoms with E-state index in [1.54, 1.807) is 0 Å². The molecule has 16 heavy (non-hydrogen) atoms. The molecule has 2 aliphatic rings. The molecule has 0 N–H and O–H groups in total. The molecular formula is C16H26. The summed E-state index contributed by atoms with van der Waals surface area (Å²) >= 11 is 0. The van der Waals surface area contributed by atoms with E-state index in [1.807, 2.05) is 27.7 Å². The molecule has 0 aromatic rings. The Kier molecular flexibility index (Phi) is 9.80. The molecule has 1 unspecified atom stereocenters. The van der Waals surface area contributed by atoms with Gasteiger partial charge in [-0.1, -0.05) is 70.2 Å². The number of rotatable bonds is 1. The predicted molar refractivity (Wildman–Crippen MR) is 75.5 cm³/mol. The number of hydrogen-bond acceptors (Lipinski definition) is 0. The second-order valence-corrected chi connectivity index (χ2v) is 3.34. The maximum atomic E-state index is 2.37. The van der Waals surface area contributed by atoms with Crippen molar-refractivity contribution >= 4 is 0 Å². The van der Waals surface area contributed by atoms with Gasteiger partial charge in [-0.2, -0.15) is 0 Å². The Labute approximate surface area is 101 Å². The summed E-state index contributed by atoms with van der Waals surface area (Å²) in [5.74, 6) is 0.645. The van der Waals surface area contributed by atoms with Crippen LogP contribution in [0.4, 0.5) is 0 Å². The Morgan fingerprint density at radius 3 is 2.19 bits per heavy atom. The SMILES string of the molecule is C1=CCC(C2=CCCC=C2)C=C1.CC.CC. The van der Waals surface area contributed by atoms with Gasteiger partial charge >= 0.3 is 0 Å². The second kappa shape index (κ2) is 10.5. The number of allylic oxidation sites excluding steroid dienone is 8. The summed E-state index contributed by atoms with van der Waals surface area (Å²) in [6, 6.07) is 0. The van der Waals surface area contributed by atoms with Gasteiger partial charge in [-0.3, -0.25) is 0 Å². The van der Waals surface area contributed by atoms with E-state index in [-0.39, 0.29) is 0 Å². The van der Waals surface area contributed by atoms with E-state index >= 15 is 0 Å². The summed E-state index contributed by atoms with van der Waals surface area (Å²) in [7, 11) is 0. The average Bonchev–Trinajstić information content (AvgIpc) is 2.45. The maximum absolute atomic E-state index is 2.37. The van der Waals surface area contributed by atoms with Crippen LogP contribution in [-0.2, 0) is 0 Å². The Balaban J connectivity index is 0.000000509. The third kappa shape index (κ3) is 5.16. The van der Waals surface area contributed by atoms with Gasteiger partial charge in [-0.15, -0.1) is 0 Å². The molecule has 0 nitrogen and oxygen atoms in total. The second-order valence-electron chi connectivity index (χ2n) is 3.34. The Hall–Kier alpha value is -1.04. The topological polar surface area (TPSA) is 0 Å². The first-order valence-electron chi connectivity index (χ1n) is 6.67. The molecule has 0 aromatic heterocycles. The maximum Gasteiger partial charge on any atom is 0.00524 e. The molecule has 0 radical (unpaired) electrons. The molecule has 0 heterocycles. The largest absolute Gasteiger partial charge is 0.0839 e. The number of hydrogen-bond donors (Lipinski definition) is 0. The van der Waals surface area contributed by atoms with Crippen LogP contribution in [0, 0.1) is 5.92 Å². The molecule has 0 aromatic carbocycles. The van der Waals surface area contributed by atoms with Crippen LogP contribution in [0.15, 0.2) is 48.1 Å². The Bertz CT molecular complexity index is 264. The highest BCUT2D eigenvalue weighted by molar-refractivity contribution is 5.31. The van der Waals surface area contributed by atoms with Gasteiger partial charge in [0.2, 0.25) is 0 Å². The van der Waals surface area contributed by atoms with Crippen molar-refractivity contribution in [2.75, 3.05) is 0 Å². The van der Waals surface area contributed by atoms with Crippen LogP contribution in [0.3, 0.4) is 0 Å². The van der Waals surface area contributed by atoms with Crippen molar-refractivity contribution in [1.82, 2.24) is 0 Å². The lowest BCUT2D eigenvalue weighted by Crippen LogP contribution is -2.01. The molecule has 0 saturated heterocycles. The van der Waals surface area contributed by atoms with E-state index in [9.17, 15) is 0 Å². The van der Waals surface area contributed by atoms with Crippen molar-refractivity contribution in [3.63, 3.8) is 0 Å². The molecule has 1 atom stereocenters. The molecule has 0 amide bonds. The van der Waals surface area contributed by atoms with Gasteiger partial charge in [-0.25, -0.2) is 0 Å². The van der Waals surface area contributed by atoms with E-state index in [0.29, 0.717) is 5.92 Å². The van der Waals surface area contributed by atoms with Crippen molar-refractivity contribution in [3.05, 3.63) is 48.1 Å². The summed E-state index contributed by atoms with van der Waals surface area (Å²) in [6.45, 7) is 8.00. The summed E-state index contributed by atoms with van der Waals surface area (Å²) in [4.78, 5) is 0. The van der Waals surface area contributed by atoms with Crippen LogP contribution < -0.4 is 0 Å². The lowest BCUT2D eigenvalue weighted by molar-refractivity contribution is 0.770. The van der Waals surface area contributed by atoms with Crippen molar-refractivity contribution in [1.29, 1.82) is 0 Å². The van der Waals surface area contributed by atoms with Crippen molar-refractivity contribution in [2.45, 2.75) is 47.0 Å². The highest BCUT2D eigenvalue weighted by Crippen LogP contribution is 2.24. The van der Waals surface area contributed by atoms with Gasteiger partial charge in [0.1, 0.15) is 0 Å². The molecule has 0 spiro atoms. The fraction of sp³-hybridized carbons (Fsp3) is 0.500. The molecular weight excluding hydrogens is 192 g/mol. The average molecular weight is 218 g/mol. The van der Waals surface area contributed by atoms with E-state index in [4.69, 9.17) is 0 Å². The molecule has 90 valence electrons. The first-order chi connectivity index (χ1) is 7.97. The smallest absolute Gasteiger partial charge is 0.00524 e. The van der Waals surface area contributed by atoms with E-state index < -0.39 is 0 Å². The van der Waals surface area contributed by atoms with Crippen LogP contribution in [0.5, 0.6) is 0 Å². The molecule has 0 aliphatic heterocycles. The predicted octanol–water partition coefficient (Wildman–Crippen LogP) is 5.45. The standard InChI is InChI=1S/C12H14.2C2H6/c1-3-7-11(8-4-1)12-9-5-2-6-10-12;2*1-2/h1,3-5,7,9-11H,2,6,8H2;2*1-2H3. The summed E-state index contributed by atoms with van der Waals surface area (Å²) in [5, 5.41) is 0. The third-order valence-electron chi connectivity index (χ3n) is 2.43. The van der Waals surface area contributed by atoms with Crippen molar-refractivity contribution in [3.8, 4) is 0 Å². The molecule has 2 aliphatic carbocycles. The van der Waals surface area contributed by atoms with Gasteiger partial charge < -0.3 is 0 Å². The first kappa shape index (κ1) is 15.0. The summed E-state index contributed by atoms with van der Waals surface area (Å²) in [6.07, 6.45) is 19.4. The van der Waals surface area contributed by atoms with Crippen molar-refractivity contribution < 1.29 is 0 Å². The van der Waals surface area contributed by atoms with Gasteiger partial charge in [0, 0.05) is 5.92 Å². The lowest BCUT2D eigenvalue weighted by Gasteiger charge is -2.16. The highest BCUT2D eigenvalue weighted by atomic mass is 14.1. The minimum atomic E-state index is 0.645. The van der Waals surface area contributed by atoms with Crippen LogP contribution in [0.2, 0.25) is 0 Å². The van der Waals surface area contributed by atoms with Gasteiger partial charge in [0.15, 0.2) is 0 Å².